The minimum Gasteiger partial charge on any atom is -0.0766 e. The fourth-order valence-electron chi connectivity index (χ4n) is 3.88. The number of fused-ring (bicyclic) bond motifs is 1. The fourth-order valence-corrected chi connectivity index (χ4v) is 3.88. The predicted molar refractivity (Wildman–Crippen MR) is 89.6 cm³/mol. The minimum absolute atomic E-state index is 0.696. The second-order valence-electron chi connectivity index (χ2n) is 6.20. The van der Waals surface area contributed by atoms with E-state index in [1.54, 1.807) is 11.1 Å². The molecule has 1 saturated carbocycles. The maximum absolute atomic E-state index is 2.44. The highest BCUT2D eigenvalue weighted by molar-refractivity contribution is 5.80. The zero-order valence-corrected chi connectivity index (χ0v) is 12.4. The molecule has 0 N–H and O–H groups in total. The molecule has 2 aliphatic carbocycles. The third-order valence-electron chi connectivity index (χ3n) is 4.99. The van der Waals surface area contributed by atoms with E-state index < -0.39 is 0 Å². The number of hydrogen-bond acceptors (Lipinski definition) is 0. The second-order valence-corrected chi connectivity index (χ2v) is 6.20. The summed E-state index contributed by atoms with van der Waals surface area (Å²) in [5, 5.41) is 0. The molecule has 0 radical (unpaired) electrons. The van der Waals surface area contributed by atoms with E-state index in [1.165, 1.54) is 11.1 Å². The van der Waals surface area contributed by atoms with E-state index in [0.717, 1.165) is 12.3 Å². The van der Waals surface area contributed by atoms with Gasteiger partial charge in [-0.3, -0.25) is 0 Å². The van der Waals surface area contributed by atoms with Crippen molar-refractivity contribution in [1.82, 2.24) is 0 Å². The zero-order chi connectivity index (χ0) is 14.2. The molecule has 0 nitrogen and oxygen atoms in total. The Kier molecular flexibility index (Phi) is 3.03. The van der Waals surface area contributed by atoms with Crippen LogP contribution in [0.4, 0.5) is 0 Å². The SMILES string of the molecule is CC1C2C(c3ccccc3)=CCC=C(c3ccccc3)C12. The van der Waals surface area contributed by atoms with Crippen LogP contribution in [0.15, 0.2) is 72.8 Å². The fraction of sp³-hybridized carbons (Fsp3) is 0.238. The van der Waals surface area contributed by atoms with Crippen molar-refractivity contribution in [2.24, 2.45) is 17.8 Å². The van der Waals surface area contributed by atoms with E-state index in [-0.39, 0.29) is 0 Å². The summed E-state index contributed by atoms with van der Waals surface area (Å²) in [5.74, 6) is 2.14. The molecular weight excluding hydrogens is 252 g/mol. The summed E-state index contributed by atoms with van der Waals surface area (Å²) in [6.45, 7) is 2.40. The molecule has 2 atom stereocenters. The van der Waals surface area contributed by atoms with Crippen LogP contribution < -0.4 is 0 Å². The van der Waals surface area contributed by atoms with E-state index in [4.69, 9.17) is 0 Å². The molecule has 104 valence electrons. The average Bonchev–Trinajstić information content (AvgIpc) is 3.24. The average molecular weight is 272 g/mol. The summed E-state index contributed by atoms with van der Waals surface area (Å²) in [7, 11) is 0. The highest BCUT2D eigenvalue weighted by atomic mass is 14.5. The van der Waals surface area contributed by atoms with Gasteiger partial charge in [0, 0.05) is 0 Å². The van der Waals surface area contributed by atoms with Crippen LogP contribution in [0.2, 0.25) is 0 Å². The van der Waals surface area contributed by atoms with Crippen molar-refractivity contribution >= 4 is 11.1 Å². The van der Waals surface area contributed by atoms with Gasteiger partial charge in [0.1, 0.15) is 0 Å². The van der Waals surface area contributed by atoms with Gasteiger partial charge in [0.2, 0.25) is 0 Å². The maximum Gasteiger partial charge on any atom is -0.00556 e. The highest BCUT2D eigenvalue weighted by Crippen LogP contribution is 2.60. The van der Waals surface area contributed by atoms with Crippen LogP contribution in [-0.4, -0.2) is 0 Å². The van der Waals surface area contributed by atoms with Gasteiger partial charge < -0.3 is 0 Å². The lowest BCUT2D eigenvalue weighted by atomic mass is 9.97. The van der Waals surface area contributed by atoms with Gasteiger partial charge >= 0.3 is 0 Å². The number of rotatable bonds is 2. The van der Waals surface area contributed by atoms with Crippen LogP contribution in [-0.2, 0) is 0 Å². The Labute approximate surface area is 126 Å². The molecule has 0 aromatic heterocycles. The van der Waals surface area contributed by atoms with Gasteiger partial charge in [-0.25, -0.2) is 0 Å². The molecule has 21 heavy (non-hydrogen) atoms. The molecular formula is C21H20. The number of benzene rings is 2. The molecule has 2 aliphatic rings. The number of allylic oxidation sites excluding steroid dienone is 4. The Morgan fingerprint density at radius 3 is 1.52 bits per heavy atom. The molecule has 2 aromatic carbocycles. The van der Waals surface area contributed by atoms with Crippen LogP contribution in [0.25, 0.3) is 11.1 Å². The van der Waals surface area contributed by atoms with Crippen LogP contribution in [0, 0.1) is 17.8 Å². The Bertz CT molecular complexity index is 630. The first-order valence-electron chi connectivity index (χ1n) is 7.87. The zero-order valence-electron chi connectivity index (χ0n) is 12.4. The third kappa shape index (κ3) is 2.15. The quantitative estimate of drug-likeness (QED) is 0.683. The minimum atomic E-state index is 0.696. The molecule has 2 aromatic rings. The molecule has 0 heterocycles. The Hall–Kier alpha value is -2.08. The topological polar surface area (TPSA) is 0 Å². The van der Waals surface area contributed by atoms with Crippen molar-refractivity contribution in [3.05, 3.63) is 83.9 Å². The van der Waals surface area contributed by atoms with Gasteiger partial charge in [-0.2, -0.15) is 0 Å². The lowest BCUT2D eigenvalue weighted by Crippen LogP contribution is -1.91. The van der Waals surface area contributed by atoms with Crippen molar-refractivity contribution in [1.29, 1.82) is 0 Å². The van der Waals surface area contributed by atoms with Gasteiger partial charge in [-0.1, -0.05) is 79.7 Å². The van der Waals surface area contributed by atoms with Crippen LogP contribution >= 0.6 is 0 Å². The van der Waals surface area contributed by atoms with Crippen molar-refractivity contribution in [2.75, 3.05) is 0 Å². The van der Waals surface area contributed by atoms with Crippen LogP contribution in [0.3, 0.4) is 0 Å². The molecule has 1 fully saturated rings. The van der Waals surface area contributed by atoms with Gasteiger partial charge in [-0.05, 0) is 46.4 Å². The van der Waals surface area contributed by atoms with E-state index in [9.17, 15) is 0 Å². The molecule has 4 rings (SSSR count). The summed E-state index contributed by atoms with van der Waals surface area (Å²) in [6, 6.07) is 21.8. The highest BCUT2D eigenvalue weighted by Gasteiger charge is 2.51. The summed E-state index contributed by atoms with van der Waals surface area (Å²) in [5.41, 5.74) is 5.91. The van der Waals surface area contributed by atoms with Crippen molar-refractivity contribution in [3.8, 4) is 0 Å². The van der Waals surface area contributed by atoms with E-state index in [1.807, 2.05) is 0 Å². The summed E-state index contributed by atoms with van der Waals surface area (Å²) in [6.07, 6.45) is 5.92. The molecule has 0 aliphatic heterocycles. The Morgan fingerprint density at radius 2 is 1.10 bits per heavy atom. The van der Waals surface area contributed by atoms with Crippen LogP contribution in [0.1, 0.15) is 24.5 Å². The van der Waals surface area contributed by atoms with Gasteiger partial charge in [0.15, 0.2) is 0 Å². The molecule has 0 spiro atoms. The summed E-state index contributed by atoms with van der Waals surface area (Å²) in [4.78, 5) is 0. The summed E-state index contributed by atoms with van der Waals surface area (Å²) >= 11 is 0. The monoisotopic (exact) mass is 272 g/mol. The third-order valence-corrected chi connectivity index (χ3v) is 4.99. The predicted octanol–water partition coefficient (Wildman–Crippen LogP) is 5.44. The number of hydrogen-bond donors (Lipinski definition) is 0. The second kappa shape index (κ2) is 5.04. The molecule has 0 heteroatoms. The first-order valence-corrected chi connectivity index (χ1v) is 7.87. The molecule has 0 amide bonds. The molecule has 0 bridgehead atoms. The van der Waals surface area contributed by atoms with E-state index in [0.29, 0.717) is 11.8 Å². The molecule has 2 unspecified atom stereocenters. The lowest BCUT2D eigenvalue weighted by Gasteiger charge is -2.07. The maximum atomic E-state index is 2.44. The van der Waals surface area contributed by atoms with E-state index in [2.05, 4.69) is 79.7 Å². The Balaban J connectivity index is 1.68. The molecule has 0 saturated heterocycles. The smallest absolute Gasteiger partial charge is 0.00556 e. The Morgan fingerprint density at radius 1 is 0.667 bits per heavy atom. The normalized spacial score (nSPS) is 27.2. The van der Waals surface area contributed by atoms with Gasteiger partial charge in [0.25, 0.3) is 0 Å². The largest absolute Gasteiger partial charge is 0.0766 e. The van der Waals surface area contributed by atoms with E-state index >= 15 is 0 Å². The standard InChI is InChI=1S/C21H20/c1-15-20-18(16-9-4-2-5-10-16)13-8-14-19(21(15)20)17-11-6-3-7-12-17/h2-7,9-15,20-21H,8H2,1H3. The van der Waals surface area contributed by atoms with Crippen molar-refractivity contribution in [2.45, 2.75) is 13.3 Å². The summed E-state index contributed by atoms with van der Waals surface area (Å²) < 4.78 is 0. The van der Waals surface area contributed by atoms with Gasteiger partial charge in [0.05, 0.1) is 0 Å². The van der Waals surface area contributed by atoms with Gasteiger partial charge in [-0.15, -0.1) is 0 Å². The van der Waals surface area contributed by atoms with Crippen molar-refractivity contribution < 1.29 is 0 Å². The van der Waals surface area contributed by atoms with Crippen molar-refractivity contribution in [3.63, 3.8) is 0 Å². The first kappa shape index (κ1) is 12.6. The van der Waals surface area contributed by atoms with Crippen LogP contribution in [0.5, 0.6) is 0 Å². The lowest BCUT2D eigenvalue weighted by molar-refractivity contribution is 0.887. The first-order chi connectivity index (χ1) is 10.4.